The van der Waals surface area contributed by atoms with E-state index in [9.17, 15) is 4.79 Å². The van der Waals surface area contributed by atoms with Crippen molar-refractivity contribution < 1.29 is 0 Å². The van der Waals surface area contributed by atoms with Crippen molar-refractivity contribution >= 4 is 11.0 Å². The normalized spacial score (nSPS) is 13.2. The molecule has 0 saturated heterocycles. The van der Waals surface area contributed by atoms with Crippen molar-refractivity contribution in [3.8, 4) is 0 Å². The van der Waals surface area contributed by atoms with Gasteiger partial charge in [-0.1, -0.05) is 6.07 Å². The Balaban J connectivity index is 2.74. The lowest BCUT2D eigenvalue weighted by atomic mass is 10.2. The fraction of sp³-hybridized carbons (Fsp3) is 0.417. The average Bonchev–Trinajstić information content (AvgIpc) is 2.43. The molecule has 4 nitrogen and oxygen atoms in total. The molecule has 0 aliphatic carbocycles. The Morgan fingerprint density at radius 1 is 1.38 bits per heavy atom. The summed E-state index contributed by atoms with van der Waals surface area (Å²) in [7, 11) is 1.79. The van der Waals surface area contributed by atoms with Gasteiger partial charge in [0.1, 0.15) is 0 Å². The van der Waals surface area contributed by atoms with Crippen LogP contribution in [0.2, 0.25) is 0 Å². The van der Waals surface area contributed by atoms with Crippen LogP contribution in [-0.4, -0.2) is 15.2 Å². The Morgan fingerprint density at radius 2 is 2.06 bits per heavy atom. The second-order valence-electron chi connectivity index (χ2n) is 4.42. The predicted molar refractivity (Wildman–Crippen MR) is 65.6 cm³/mol. The summed E-state index contributed by atoms with van der Waals surface area (Å²) in [6.07, 6.45) is 0. The summed E-state index contributed by atoms with van der Waals surface area (Å²) in [6.45, 7) is 4.48. The van der Waals surface area contributed by atoms with Crippen molar-refractivity contribution in [2.75, 3.05) is 0 Å². The monoisotopic (exact) mass is 219 g/mol. The lowest BCUT2D eigenvalue weighted by molar-refractivity contribution is 0.577. The van der Waals surface area contributed by atoms with Gasteiger partial charge in [-0.15, -0.1) is 0 Å². The molecule has 0 fully saturated rings. The molecule has 2 aromatic rings. The molecule has 1 aromatic heterocycles. The topological polar surface area (TPSA) is 53.0 Å². The highest BCUT2D eigenvalue weighted by Crippen LogP contribution is 2.14. The fourth-order valence-electron chi connectivity index (χ4n) is 1.98. The lowest BCUT2D eigenvalue weighted by Gasteiger charge is -2.06. The van der Waals surface area contributed by atoms with Crippen molar-refractivity contribution in [2.45, 2.75) is 26.4 Å². The van der Waals surface area contributed by atoms with E-state index in [1.54, 1.807) is 16.2 Å². The third-order valence-corrected chi connectivity index (χ3v) is 2.77. The van der Waals surface area contributed by atoms with Crippen molar-refractivity contribution in [2.24, 2.45) is 12.8 Å². The van der Waals surface area contributed by atoms with E-state index in [0.717, 1.165) is 16.6 Å². The highest BCUT2D eigenvalue weighted by atomic mass is 16.1. The number of aromatic nitrogens is 2. The van der Waals surface area contributed by atoms with Crippen molar-refractivity contribution in [3.63, 3.8) is 0 Å². The first-order chi connectivity index (χ1) is 7.50. The zero-order valence-corrected chi connectivity index (χ0v) is 9.90. The van der Waals surface area contributed by atoms with Gasteiger partial charge in [0, 0.05) is 19.6 Å². The quantitative estimate of drug-likeness (QED) is 0.819. The third kappa shape index (κ3) is 1.65. The molecule has 4 heteroatoms. The van der Waals surface area contributed by atoms with Crippen molar-refractivity contribution in [3.05, 3.63) is 34.2 Å². The molecule has 0 aliphatic heterocycles. The van der Waals surface area contributed by atoms with Gasteiger partial charge in [-0.3, -0.25) is 9.13 Å². The number of rotatable bonds is 2. The predicted octanol–water partition coefficient (Wildman–Crippen LogP) is 0.996. The molecule has 0 aliphatic rings. The van der Waals surface area contributed by atoms with Crippen LogP contribution in [0.15, 0.2) is 23.0 Å². The Kier molecular flexibility index (Phi) is 2.59. The Bertz CT molecular complexity index is 578. The maximum absolute atomic E-state index is 12.0. The van der Waals surface area contributed by atoms with E-state index in [-0.39, 0.29) is 11.7 Å². The molecule has 1 unspecified atom stereocenters. The fourth-order valence-corrected chi connectivity index (χ4v) is 1.98. The van der Waals surface area contributed by atoms with Gasteiger partial charge in [0.05, 0.1) is 11.0 Å². The minimum atomic E-state index is -0.0235. The van der Waals surface area contributed by atoms with Crippen LogP contribution >= 0.6 is 0 Å². The molecule has 86 valence electrons. The van der Waals surface area contributed by atoms with Crippen molar-refractivity contribution in [1.82, 2.24) is 9.13 Å². The van der Waals surface area contributed by atoms with Gasteiger partial charge in [0.25, 0.3) is 0 Å². The summed E-state index contributed by atoms with van der Waals surface area (Å²) in [6, 6.07) is 5.99. The van der Waals surface area contributed by atoms with Crippen LogP contribution in [0.4, 0.5) is 0 Å². The molecule has 1 atom stereocenters. The zero-order chi connectivity index (χ0) is 11.9. The number of hydrogen-bond acceptors (Lipinski definition) is 2. The van der Waals surface area contributed by atoms with Gasteiger partial charge in [-0.2, -0.15) is 0 Å². The van der Waals surface area contributed by atoms with E-state index in [1.807, 2.05) is 32.0 Å². The summed E-state index contributed by atoms with van der Waals surface area (Å²) in [5.74, 6) is 0. The number of benzene rings is 1. The van der Waals surface area contributed by atoms with Gasteiger partial charge in [0.15, 0.2) is 0 Å². The highest BCUT2D eigenvalue weighted by molar-refractivity contribution is 5.76. The number of aryl methyl sites for hydroxylation is 2. The maximum atomic E-state index is 12.0. The van der Waals surface area contributed by atoms with Crippen molar-refractivity contribution in [1.29, 1.82) is 0 Å². The van der Waals surface area contributed by atoms with Gasteiger partial charge in [-0.05, 0) is 31.5 Å². The largest absolute Gasteiger partial charge is 0.328 e. The van der Waals surface area contributed by atoms with E-state index in [0.29, 0.717) is 6.54 Å². The molecule has 2 rings (SSSR count). The Labute approximate surface area is 94.3 Å². The molecule has 1 aromatic carbocycles. The smallest absolute Gasteiger partial charge is 0.326 e. The van der Waals surface area contributed by atoms with Gasteiger partial charge < -0.3 is 5.73 Å². The average molecular weight is 219 g/mol. The van der Waals surface area contributed by atoms with E-state index in [2.05, 4.69) is 0 Å². The molecule has 0 radical (unpaired) electrons. The first-order valence-electron chi connectivity index (χ1n) is 5.42. The summed E-state index contributed by atoms with van der Waals surface area (Å²) >= 11 is 0. The van der Waals surface area contributed by atoms with Crippen LogP contribution in [0.25, 0.3) is 11.0 Å². The maximum Gasteiger partial charge on any atom is 0.328 e. The number of nitrogens with zero attached hydrogens (tertiary/aromatic N) is 2. The summed E-state index contributed by atoms with van der Waals surface area (Å²) in [5.41, 5.74) is 8.82. The third-order valence-electron chi connectivity index (χ3n) is 2.77. The zero-order valence-electron chi connectivity index (χ0n) is 9.90. The molecule has 0 bridgehead atoms. The molecular formula is C12H17N3O. The summed E-state index contributed by atoms with van der Waals surface area (Å²) in [4.78, 5) is 12.0. The minimum absolute atomic E-state index is 0.00194. The summed E-state index contributed by atoms with van der Waals surface area (Å²) in [5, 5.41) is 0. The van der Waals surface area contributed by atoms with E-state index in [4.69, 9.17) is 5.73 Å². The molecule has 1 heterocycles. The summed E-state index contributed by atoms with van der Waals surface area (Å²) < 4.78 is 3.41. The molecule has 0 spiro atoms. The highest BCUT2D eigenvalue weighted by Gasteiger charge is 2.11. The van der Waals surface area contributed by atoms with E-state index >= 15 is 0 Å². The lowest BCUT2D eigenvalue weighted by Crippen LogP contribution is -2.30. The number of fused-ring (bicyclic) bond motifs is 1. The van der Waals surface area contributed by atoms with E-state index in [1.165, 1.54) is 0 Å². The van der Waals surface area contributed by atoms with Crippen LogP contribution in [0.5, 0.6) is 0 Å². The van der Waals surface area contributed by atoms with Crippen LogP contribution in [0.3, 0.4) is 0 Å². The number of imidazole rings is 1. The minimum Gasteiger partial charge on any atom is -0.326 e. The first-order valence-corrected chi connectivity index (χ1v) is 5.42. The standard InChI is InChI=1S/C12H17N3O/c1-8-4-5-10-11(6-8)14(3)12(16)15(10)7-9(2)13/h4-6,9H,7,13H2,1-3H3. The van der Waals surface area contributed by atoms with Gasteiger partial charge >= 0.3 is 5.69 Å². The molecule has 2 N–H and O–H groups in total. The van der Waals surface area contributed by atoms with Crippen LogP contribution < -0.4 is 11.4 Å². The molecule has 16 heavy (non-hydrogen) atoms. The van der Waals surface area contributed by atoms with Crippen LogP contribution in [-0.2, 0) is 13.6 Å². The number of nitrogens with two attached hydrogens (primary N) is 1. The second-order valence-corrected chi connectivity index (χ2v) is 4.42. The molecule has 0 amide bonds. The Morgan fingerprint density at radius 3 is 2.69 bits per heavy atom. The van der Waals surface area contributed by atoms with E-state index < -0.39 is 0 Å². The van der Waals surface area contributed by atoms with Gasteiger partial charge in [0.2, 0.25) is 0 Å². The second kappa shape index (κ2) is 3.79. The van der Waals surface area contributed by atoms with Crippen LogP contribution in [0, 0.1) is 6.92 Å². The first kappa shape index (κ1) is 11.0. The SMILES string of the molecule is Cc1ccc2c(c1)n(C)c(=O)n2CC(C)N. The van der Waals surface area contributed by atoms with Gasteiger partial charge in [-0.25, -0.2) is 4.79 Å². The van der Waals surface area contributed by atoms with Crippen LogP contribution in [0.1, 0.15) is 12.5 Å². The Hall–Kier alpha value is -1.55. The molecule has 0 saturated carbocycles. The number of hydrogen-bond donors (Lipinski definition) is 1. The molecular weight excluding hydrogens is 202 g/mol.